The first-order valence-electron chi connectivity index (χ1n) is 8.13. The van der Waals surface area contributed by atoms with Crippen LogP contribution >= 0.6 is 0 Å². The molecular formula is C15H17N5O5S. The molecule has 0 spiro atoms. The Morgan fingerprint density at radius 3 is 2.73 bits per heavy atom. The minimum atomic E-state index is -4.73. The third-order valence-corrected chi connectivity index (χ3v) is 4.98. The van der Waals surface area contributed by atoms with Crippen molar-refractivity contribution in [2.24, 2.45) is 0 Å². The van der Waals surface area contributed by atoms with E-state index in [1.807, 2.05) is 36.5 Å². The second kappa shape index (κ2) is 6.34. The van der Waals surface area contributed by atoms with E-state index in [2.05, 4.69) is 14.6 Å². The van der Waals surface area contributed by atoms with Gasteiger partial charge in [0, 0.05) is 12.1 Å². The third-order valence-electron chi connectivity index (χ3n) is 4.63. The van der Waals surface area contributed by atoms with E-state index in [4.69, 9.17) is 4.55 Å². The molecule has 2 aromatic rings. The molecule has 2 fully saturated rings. The molecule has 2 bridgehead atoms. The molecule has 2 amide bonds. The Hall–Kier alpha value is -2.50. The number of rotatable bonds is 5. The van der Waals surface area contributed by atoms with Crippen molar-refractivity contribution in [2.45, 2.75) is 31.5 Å². The fourth-order valence-electron chi connectivity index (χ4n) is 3.45. The zero-order chi connectivity index (χ0) is 18.3. The molecule has 3 heterocycles. The van der Waals surface area contributed by atoms with Gasteiger partial charge in [-0.1, -0.05) is 35.5 Å². The van der Waals surface area contributed by atoms with Gasteiger partial charge in [0.25, 0.3) is 0 Å². The Morgan fingerprint density at radius 1 is 1.23 bits per heavy atom. The van der Waals surface area contributed by atoms with Crippen LogP contribution in [0.3, 0.4) is 0 Å². The average Bonchev–Trinajstić information content (AvgIpc) is 3.16. The standard InChI is InChI=1S/C15H17N5O5S/c21-15-19-9-13(20(15)25-26(22,23)24)7-6-12(19)8-18-10-14(16-17-18)11-4-2-1-3-5-11/h1-5,10,12-13H,6-9H2,(H,22,23,24)/t12-,13+/m0/s1. The molecule has 1 aromatic heterocycles. The van der Waals surface area contributed by atoms with Crippen LogP contribution in [-0.2, 0) is 21.2 Å². The molecular weight excluding hydrogens is 362 g/mol. The first kappa shape index (κ1) is 16.9. The lowest BCUT2D eigenvalue weighted by atomic mass is 10.0. The SMILES string of the molecule is O=C1N2C[C@@H](CC[C@H]2Cn2cc(-c3ccccc3)nn2)N1OS(=O)(=O)O. The quantitative estimate of drug-likeness (QED) is 0.768. The first-order valence-corrected chi connectivity index (χ1v) is 9.49. The van der Waals surface area contributed by atoms with Crippen LogP contribution in [0.1, 0.15) is 12.8 Å². The predicted molar refractivity (Wildman–Crippen MR) is 88.8 cm³/mol. The van der Waals surface area contributed by atoms with E-state index < -0.39 is 22.5 Å². The molecule has 0 aliphatic carbocycles. The van der Waals surface area contributed by atoms with Crippen LogP contribution in [0.15, 0.2) is 36.5 Å². The van der Waals surface area contributed by atoms with Crippen LogP contribution in [0.4, 0.5) is 4.79 Å². The Bertz CT molecular complexity index is 916. The second-order valence-corrected chi connectivity index (χ2v) is 7.34. The highest BCUT2D eigenvalue weighted by molar-refractivity contribution is 7.80. The number of amides is 2. The summed E-state index contributed by atoms with van der Waals surface area (Å²) in [6.07, 6.45) is 3.05. The van der Waals surface area contributed by atoms with Gasteiger partial charge in [-0.3, -0.25) is 4.55 Å². The van der Waals surface area contributed by atoms with Crippen molar-refractivity contribution < 1.29 is 22.0 Å². The van der Waals surface area contributed by atoms with Crippen LogP contribution in [0.25, 0.3) is 11.3 Å². The van der Waals surface area contributed by atoms with Gasteiger partial charge in [0.2, 0.25) is 0 Å². The summed E-state index contributed by atoms with van der Waals surface area (Å²) in [5.41, 5.74) is 1.69. The Kier molecular flexibility index (Phi) is 4.13. The van der Waals surface area contributed by atoms with Gasteiger partial charge in [-0.25, -0.2) is 9.48 Å². The summed E-state index contributed by atoms with van der Waals surface area (Å²) in [6, 6.07) is 8.52. The smallest absolute Gasteiger partial charge is 0.316 e. The number of hydrogen-bond acceptors (Lipinski definition) is 6. The molecule has 138 valence electrons. The zero-order valence-corrected chi connectivity index (χ0v) is 14.5. The summed E-state index contributed by atoms with van der Waals surface area (Å²) in [6.45, 7) is 0.789. The maximum absolute atomic E-state index is 12.4. The maximum atomic E-state index is 12.4. The molecule has 2 aliphatic rings. The molecule has 2 atom stereocenters. The molecule has 0 radical (unpaired) electrons. The van der Waals surface area contributed by atoms with Crippen LogP contribution in [0.5, 0.6) is 0 Å². The molecule has 11 heteroatoms. The molecule has 2 aliphatic heterocycles. The van der Waals surface area contributed by atoms with Gasteiger partial charge in [-0.15, -0.1) is 9.38 Å². The van der Waals surface area contributed by atoms with Crippen molar-refractivity contribution in [1.29, 1.82) is 0 Å². The average molecular weight is 379 g/mol. The zero-order valence-electron chi connectivity index (χ0n) is 13.7. The number of fused-ring (bicyclic) bond motifs is 2. The van der Waals surface area contributed by atoms with Gasteiger partial charge in [0.05, 0.1) is 24.8 Å². The number of urea groups is 1. The molecule has 4 rings (SSSR count). The number of piperidine rings is 1. The minimum Gasteiger partial charge on any atom is -0.316 e. The van der Waals surface area contributed by atoms with E-state index in [1.165, 1.54) is 0 Å². The van der Waals surface area contributed by atoms with Gasteiger partial charge in [-0.05, 0) is 12.8 Å². The Labute approximate surface area is 149 Å². The van der Waals surface area contributed by atoms with Crippen LogP contribution in [0, 0.1) is 0 Å². The Balaban J connectivity index is 1.47. The van der Waals surface area contributed by atoms with E-state index in [9.17, 15) is 13.2 Å². The summed E-state index contributed by atoms with van der Waals surface area (Å²) in [5, 5.41) is 9.02. The maximum Gasteiger partial charge on any atom is 0.418 e. The largest absolute Gasteiger partial charge is 0.418 e. The summed E-state index contributed by atoms with van der Waals surface area (Å²) in [5.74, 6) is 0. The molecule has 1 N–H and O–H groups in total. The van der Waals surface area contributed by atoms with E-state index in [0.29, 0.717) is 25.9 Å². The van der Waals surface area contributed by atoms with Crippen molar-refractivity contribution in [3.8, 4) is 11.3 Å². The summed E-state index contributed by atoms with van der Waals surface area (Å²) >= 11 is 0. The van der Waals surface area contributed by atoms with Gasteiger partial charge in [0.15, 0.2) is 0 Å². The van der Waals surface area contributed by atoms with E-state index >= 15 is 0 Å². The second-order valence-electron chi connectivity index (χ2n) is 6.34. The van der Waals surface area contributed by atoms with Crippen molar-refractivity contribution in [3.05, 3.63) is 36.5 Å². The number of hydroxylamine groups is 2. The van der Waals surface area contributed by atoms with Gasteiger partial charge >= 0.3 is 16.4 Å². The van der Waals surface area contributed by atoms with Gasteiger partial charge in [-0.2, -0.15) is 13.5 Å². The lowest BCUT2D eigenvalue weighted by molar-refractivity contribution is -0.0317. The number of benzene rings is 1. The fraction of sp³-hybridized carbons (Fsp3) is 0.400. The number of hydrogen-bond donors (Lipinski definition) is 1. The monoisotopic (exact) mass is 379 g/mol. The molecule has 10 nitrogen and oxygen atoms in total. The van der Waals surface area contributed by atoms with Crippen LogP contribution < -0.4 is 0 Å². The number of carbonyl (C=O) groups is 1. The van der Waals surface area contributed by atoms with Crippen LogP contribution in [-0.4, -0.2) is 62.6 Å². The fourth-order valence-corrected chi connectivity index (χ4v) is 3.83. The van der Waals surface area contributed by atoms with E-state index in [1.54, 1.807) is 9.58 Å². The summed E-state index contributed by atoms with van der Waals surface area (Å²) in [4.78, 5) is 13.9. The summed E-state index contributed by atoms with van der Waals surface area (Å²) < 4.78 is 36.8. The highest BCUT2D eigenvalue weighted by Gasteiger charge is 2.47. The molecule has 0 unspecified atom stereocenters. The predicted octanol–water partition coefficient (Wildman–Crippen LogP) is 0.948. The van der Waals surface area contributed by atoms with Crippen molar-refractivity contribution in [3.63, 3.8) is 0 Å². The van der Waals surface area contributed by atoms with Gasteiger partial charge < -0.3 is 4.90 Å². The lowest BCUT2D eigenvalue weighted by Gasteiger charge is -2.29. The lowest BCUT2D eigenvalue weighted by Crippen LogP contribution is -2.42. The number of carbonyl (C=O) groups excluding carboxylic acids is 1. The molecule has 2 saturated heterocycles. The van der Waals surface area contributed by atoms with Crippen LogP contribution in [0.2, 0.25) is 0 Å². The van der Waals surface area contributed by atoms with E-state index in [-0.39, 0.29) is 6.04 Å². The van der Waals surface area contributed by atoms with Crippen molar-refractivity contribution in [1.82, 2.24) is 25.0 Å². The third kappa shape index (κ3) is 3.28. The highest BCUT2D eigenvalue weighted by atomic mass is 32.3. The number of nitrogens with zero attached hydrogens (tertiary/aromatic N) is 5. The van der Waals surface area contributed by atoms with E-state index in [0.717, 1.165) is 16.3 Å². The van der Waals surface area contributed by atoms with Crippen molar-refractivity contribution in [2.75, 3.05) is 6.54 Å². The molecule has 1 aromatic carbocycles. The first-order chi connectivity index (χ1) is 12.4. The topological polar surface area (TPSA) is 118 Å². The van der Waals surface area contributed by atoms with Crippen molar-refractivity contribution >= 4 is 16.4 Å². The summed E-state index contributed by atoms with van der Waals surface area (Å²) in [7, 11) is -4.73. The number of aromatic nitrogens is 3. The molecule has 26 heavy (non-hydrogen) atoms. The Morgan fingerprint density at radius 2 is 2.00 bits per heavy atom. The highest BCUT2D eigenvalue weighted by Crippen LogP contribution is 2.31. The van der Waals surface area contributed by atoms with Gasteiger partial charge in [0.1, 0.15) is 5.69 Å². The normalized spacial score (nSPS) is 22.9. The molecule has 0 saturated carbocycles. The minimum absolute atomic E-state index is 0.154.